The number of rotatable bonds is 7. The summed E-state index contributed by atoms with van der Waals surface area (Å²) >= 11 is 0. The van der Waals surface area contributed by atoms with Crippen LogP contribution in [0.15, 0.2) is 23.3 Å². The van der Waals surface area contributed by atoms with Gasteiger partial charge in [-0.15, -0.1) is 0 Å². The van der Waals surface area contributed by atoms with Gasteiger partial charge in [-0.25, -0.2) is 19.6 Å². The Kier molecular flexibility index (Phi) is 7.34. The molecule has 0 aromatic carbocycles. The molecule has 1 aliphatic rings. The van der Waals surface area contributed by atoms with Crippen molar-refractivity contribution >= 4 is 5.96 Å². The van der Waals surface area contributed by atoms with Crippen molar-refractivity contribution in [3.63, 3.8) is 0 Å². The van der Waals surface area contributed by atoms with E-state index < -0.39 is 17.6 Å². The zero-order chi connectivity index (χ0) is 22.4. The van der Waals surface area contributed by atoms with E-state index >= 15 is 0 Å². The molecule has 1 unspecified atom stereocenters. The van der Waals surface area contributed by atoms with Crippen molar-refractivity contribution in [1.82, 2.24) is 30.4 Å². The van der Waals surface area contributed by atoms with Crippen LogP contribution < -0.4 is 15.4 Å². The first-order chi connectivity index (χ1) is 14.8. The highest BCUT2D eigenvalue weighted by Gasteiger charge is 2.35. The number of aryl methyl sites for hydroxylation is 1. The van der Waals surface area contributed by atoms with Crippen molar-refractivity contribution in [3.05, 3.63) is 35.5 Å². The Morgan fingerprint density at radius 3 is 2.90 bits per heavy atom. The summed E-state index contributed by atoms with van der Waals surface area (Å²) in [6.45, 7) is 7.58. The second-order valence-corrected chi connectivity index (χ2v) is 7.57. The Labute approximate surface area is 179 Å². The number of ether oxygens (including phenoxy) is 1. The third-order valence-corrected chi connectivity index (χ3v) is 4.75. The van der Waals surface area contributed by atoms with Crippen LogP contribution in [0.2, 0.25) is 0 Å². The molecular formula is C20H28F3N7O. The zero-order valence-electron chi connectivity index (χ0n) is 17.9. The lowest BCUT2D eigenvalue weighted by molar-refractivity contribution is -0.139. The summed E-state index contributed by atoms with van der Waals surface area (Å²) in [5.41, 5.74) is -0.893. The molecule has 170 valence electrons. The molecule has 8 nitrogen and oxygen atoms in total. The molecule has 2 N–H and O–H groups in total. The van der Waals surface area contributed by atoms with E-state index in [2.05, 4.69) is 44.5 Å². The fourth-order valence-corrected chi connectivity index (χ4v) is 3.23. The van der Waals surface area contributed by atoms with Gasteiger partial charge in [-0.2, -0.15) is 18.3 Å². The normalized spacial score (nSPS) is 16.9. The van der Waals surface area contributed by atoms with Crippen LogP contribution in [0.4, 0.5) is 13.2 Å². The van der Waals surface area contributed by atoms with Gasteiger partial charge in [-0.1, -0.05) is 13.8 Å². The van der Waals surface area contributed by atoms with E-state index in [9.17, 15) is 13.2 Å². The highest BCUT2D eigenvalue weighted by Crippen LogP contribution is 2.34. The molecular weight excluding hydrogens is 411 g/mol. The fraction of sp³-hybridized carbons (Fsp3) is 0.600. The van der Waals surface area contributed by atoms with Gasteiger partial charge >= 0.3 is 6.18 Å². The minimum Gasteiger partial charge on any atom is -0.475 e. The quantitative estimate of drug-likeness (QED) is 0.392. The lowest BCUT2D eigenvalue weighted by atomic mass is 10.1. The smallest absolute Gasteiger partial charge is 0.421 e. The standard InChI is InChI=1S/C20H28F3N7O/c1-4-24-19(26-10-11-31-18-15(20(21,22)23)6-5-9-25-18)27-14-7-8-16-28-17(13(2)3)29-30(16)12-14/h5-6,9,13-14H,4,7-8,10-12H2,1-3H3,(H2,24,26,27). The SMILES string of the molecule is CCNC(=NCCOc1ncccc1C(F)(F)F)NC1CCc2nc(C(C)C)nn2C1. The van der Waals surface area contributed by atoms with E-state index in [1.165, 1.54) is 12.3 Å². The van der Waals surface area contributed by atoms with Crippen LogP contribution in [0.1, 0.15) is 50.3 Å². The second kappa shape index (κ2) is 9.97. The van der Waals surface area contributed by atoms with Crippen LogP contribution in [0.5, 0.6) is 5.88 Å². The van der Waals surface area contributed by atoms with E-state index in [4.69, 9.17) is 4.74 Å². The summed E-state index contributed by atoms with van der Waals surface area (Å²) in [4.78, 5) is 12.7. The molecule has 2 aromatic heterocycles. The first-order valence-corrected chi connectivity index (χ1v) is 10.4. The number of guanidine groups is 1. The first-order valence-electron chi connectivity index (χ1n) is 10.4. The Hall–Kier alpha value is -2.85. The van der Waals surface area contributed by atoms with Gasteiger partial charge in [0.2, 0.25) is 5.88 Å². The molecule has 1 aliphatic heterocycles. The van der Waals surface area contributed by atoms with Gasteiger partial charge in [0.25, 0.3) is 0 Å². The predicted octanol–water partition coefficient (Wildman–Crippen LogP) is 2.76. The summed E-state index contributed by atoms with van der Waals surface area (Å²) in [6, 6.07) is 2.31. The fourth-order valence-electron chi connectivity index (χ4n) is 3.23. The molecule has 0 fully saturated rings. The first kappa shape index (κ1) is 22.8. The molecule has 0 saturated carbocycles. The number of aliphatic imine (C=N–C) groups is 1. The molecule has 1 atom stereocenters. The predicted molar refractivity (Wildman–Crippen MR) is 110 cm³/mol. The topological polar surface area (TPSA) is 89.2 Å². The summed E-state index contributed by atoms with van der Waals surface area (Å²) < 4.78 is 46.2. The van der Waals surface area contributed by atoms with Crippen LogP contribution >= 0.6 is 0 Å². The van der Waals surface area contributed by atoms with E-state index in [0.717, 1.165) is 30.6 Å². The van der Waals surface area contributed by atoms with Gasteiger partial charge in [0.15, 0.2) is 11.8 Å². The highest BCUT2D eigenvalue weighted by molar-refractivity contribution is 5.80. The Balaban J connectivity index is 1.56. The maximum absolute atomic E-state index is 13.0. The van der Waals surface area contributed by atoms with E-state index in [1.54, 1.807) is 0 Å². The van der Waals surface area contributed by atoms with Gasteiger partial charge in [-0.05, 0) is 25.5 Å². The number of halogens is 3. The molecule has 11 heteroatoms. The highest BCUT2D eigenvalue weighted by atomic mass is 19.4. The monoisotopic (exact) mass is 439 g/mol. The van der Waals surface area contributed by atoms with Gasteiger partial charge in [0.05, 0.1) is 13.1 Å². The van der Waals surface area contributed by atoms with E-state index in [0.29, 0.717) is 19.0 Å². The number of hydrogen-bond donors (Lipinski definition) is 2. The molecule has 0 amide bonds. The molecule has 0 bridgehead atoms. The van der Waals surface area contributed by atoms with Crippen molar-refractivity contribution in [2.75, 3.05) is 19.7 Å². The summed E-state index contributed by atoms with van der Waals surface area (Å²) in [5.74, 6) is 2.27. The van der Waals surface area contributed by atoms with Gasteiger partial charge in [0.1, 0.15) is 18.0 Å². The Morgan fingerprint density at radius 1 is 1.39 bits per heavy atom. The number of aromatic nitrogens is 4. The maximum atomic E-state index is 13.0. The molecule has 0 aliphatic carbocycles. The maximum Gasteiger partial charge on any atom is 0.421 e. The van der Waals surface area contributed by atoms with Crippen molar-refractivity contribution < 1.29 is 17.9 Å². The minimum absolute atomic E-state index is 0.0215. The third kappa shape index (κ3) is 6.08. The van der Waals surface area contributed by atoms with Crippen LogP contribution in [-0.2, 0) is 19.1 Å². The number of nitrogens with zero attached hydrogens (tertiary/aromatic N) is 5. The van der Waals surface area contributed by atoms with Gasteiger partial charge < -0.3 is 15.4 Å². The van der Waals surface area contributed by atoms with Crippen molar-refractivity contribution in [1.29, 1.82) is 0 Å². The lowest BCUT2D eigenvalue weighted by Crippen LogP contribution is -2.47. The van der Waals surface area contributed by atoms with Gasteiger partial charge in [-0.3, -0.25) is 0 Å². The number of alkyl halides is 3. The molecule has 2 aromatic rings. The Morgan fingerprint density at radius 2 is 2.19 bits per heavy atom. The number of hydrogen-bond acceptors (Lipinski definition) is 5. The van der Waals surface area contributed by atoms with Crippen LogP contribution in [-0.4, -0.2) is 51.4 Å². The summed E-state index contributed by atoms with van der Waals surface area (Å²) in [7, 11) is 0. The second-order valence-electron chi connectivity index (χ2n) is 7.57. The molecule has 3 heterocycles. The van der Waals surface area contributed by atoms with Crippen LogP contribution in [0.3, 0.4) is 0 Å². The number of fused-ring (bicyclic) bond motifs is 1. The van der Waals surface area contributed by atoms with Crippen molar-refractivity contribution in [2.45, 2.75) is 58.3 Å². The summed E-state index contributed by atoms with van der Waals surface area (Å²) in [5, 5.41) is 11.1. The molecule has 0 saturated heterocycles. The van der Waals surface area contributed by atoms with Gasteiger partial charge in [0, 0.05) is 31.1 Å². The van der Waals surface area contributed by atoms with E-state index in [-0.39, 0.29) is 25.1 Å². The van der Waals surface area contributed by atoms with Crippen molar-refractivity contribution in [2.24, 2.45) is 4.99 Å². The van der Waals surface area contributed by atoms with Crippen LogP contribution in [0, 0.1) is 0 Å². The largest absolute Gasteiger partial charge is 0.475 e. The molecule has 0 radical (unpaired) electrons. The zero-order valence-corrected chi connectivity index (χ0v) is 17.9. The van der Waals surface area contributed by atoms with Crippen molar-refractivity contribution in [3.8, 4) is 5.88 Å². The number of pyridine rings is 1. The molecule has 3 rings (SSSR count). The summed E-state index contributed by atoms with van der Waals surface area (Å²) in [6.07, 6.45) is -1.54. The Bertz CT molecular complexity index is 895. The van der Waals surface area contributed by atoms with Crippen LogP contribution in [0.25, 0.3) is 0 Å². The lowest BCUT2D eigenvalue weighted by Gasteiger charge is -2.25. The number of nitrogens with one attached hydrogen (secondary N) is 2. The average Bonchev–Trinajstić information content (AvgIpc) is 3.15. The third-order valence-electron chi connectivity index (χ3n) is 4.75. The van der Waals surface area contributed by atoms with E-state index in [1.807, 2.05) is 11.6 Å². The average molecular weight is 439 g/mol. The molecule has 0 spiro atoms. The molecule has 31 heavy (non-hydrogen) atoms. The minimum atomic E-state index is -4.51.